The van der Waals surface area contributed by atoms with Gasteiger partial charge in [-0.3, -0.25) is 4.79 Å². The highest BCUT2D eigenvalue weighted by Gasteiger charge is 2.28. The lowest BCUT2D eigenvalue weighted by Gasteiger charge is -2.14. The quantitative estimate of drug-likeness (QED) is 0.473. The van der Waals surface area contributed by atoms with Crippen LogP contribution in [0.5, 0.6) is 0 Å². The summed E-state index contributed by atoms with van der Waals surface area (Å²) in [7, 11) is -3.04. The van der Waals surface area contributed by atoms with Crippen LogP contribution in [0.2, 0.25) is 0 Å². The monoisotopic (exact) mass is 308 g/mol. The highest BCUT2D eigenvalue weighted by Crippen LogP contribution is 2.17. The lowest BCUT2D eigenvalue weighted by molar-refractivity contribution is -0.145. The van der Waals surface area contributed by atoms with Crippen LogP contribution in [-0.2, 0) is 19.4 Å². The van der Waals surface area contributed by atoms with Crippen molar-refractivity contribution in [3.63, 3.8) is 0 Å². The third-order valence-electron chi connectivity index (χ3n) is 2.86. The second-order valence-electron chi connectivity index (χ2n) is 4.61. The van der Waals surface area contributed by atoms with E-state index >= 15 is 0 Å². The number of hydrogen-bond acceptors (Lipinski definition) is 5. The smallest absolute Gasteiger partial charge is 0.326 e. The van der Waals surface area contributed by atoms with Gasteiger partial charge in [0.1, 0.15) is 6.04 Å². The Morgan fingerprint density at radius 2 is 1.90 bits per heavy atom. The van der Waals surface area contributed by atoms with Gasteiger partial charge in [-0.05, 0) is 12.3 Å². The standard InChI is InChI=1S/C10H16N2O7S/c13-8(14)3-7(9(15)16)12-10(17)11-4-6-1-2-20(18,19)5-6/h6-7H,1-5H2,(H,13,14)(H,15,16)(H2,11,12,17)/t6?,7-/m0/s1. The third-order valence-corrected chi connectivity index (χ3v) is 4.70. The van der Waals surface area contributed by atoms with E-state index in [0.29, 0.717) is 6.42 Å². The summed E-state index contributed by atoms with van der Waals surface area (Å²) < 4.78 is 22.4. The molecule has 9 nitrogen and oxygen atoms in total. The van der Waals surface area contributed by atoms with Crippen LogP contribution < -0.4 is 10.6 Å². The van der Waals surface area contributed by atoms with Crippen molar-refractivity contribution in [1.29, 1.82) is 0 Å². The Labute approximate surface area is 115 Å². The molecule has 0 aromatic rings. The van der Waals surface area contributed by atoms with E-state index in [0.717, 1.165) is 0 Å². The van der Waals surface area contributed by atoms with E-state index in [1.54, 1.807) is 0 Å². The van der Waals surface area contributed by atoms with Crippen LogP contribution in [0.25, 0.3) is 0 Å². The molecular formula is C10H16N2O7S. The number of hydrogen-bond donors (Lipinski definition) is 4. The minimum absolute atomic E-state index is 0.00916. The van der Waals surface area contributed by atoms with Crippen molar-refractivity contribution < 1.29 is 33.0 Å². The first kappa shape index (κ1) is 16.2. The van der Waals surface area contributed by atoms with Gasteiger partial charge in [0.25, 0.3) is 0 Å². The van der Waals surface area contributed by atoms with E-state index in [2.05, 4.69) is 5.32 Å². The van der Waals surface area contributed by atoms with Crippen molar-refractivity contribution in [2.45, 2.75) is 18.9 Å². The normalized spacial score (nSPS) is 21.9. The molecule has 114 valence electrons. The van der Waals surface area contributed by atoms with Crippen molar-refractivity contribution in [2.75, 3.05) is 18.1 Å². The summed E-state index contributed by atoms with van der Waals surface area (Å²) in [6.07, 6.45) is -0.291. The predicted octanol–water partition coefficient (Wildman–Crippen LogP) is -1.35. The number of carboxylic acid groups (broad SMARTS) is 2. The van der Waals surface area contributed by atoms with Crippen LogP contribution >= 0.6 is 0 Å². The molecule has 0 aromatic carbocycles. The molecule has 2 amide bonds. The van der Waals surface area contributed by atoms with Crippen LogP contribution in [0, 0.1) is 5.92 Å². The van der Waals surface area contributed by atoms with E-state index in [-0.39, 0.29) is 24.0 Å². The first-order chi connectivity index (χ1) is 9.19. The Balaban J connectivity index is 2.39. The van der Waals surface area contributed by atoms with E-state index in [4.69, 9.17) is 10.2 Å². The average molecular weight is 308 g/mol. The van der Waals surface area contributed by atoms with Crippen molar-refractivity contribution in [3.05, 3.63) is 0 Å². The van der Waals surface area contributed by atoms with Crippen LogP contribution in [-0.4, -0.2) is 60.7 Å². The zero-order valence-electron chi connectivity index (χ0n) is 10.5. The number of carbonyl (C=O) groups excluding carboxylic acids is 1. The maximum absolute atomic E-state index is 11.4. The molecule has 1 fully saturated rings. The molecule has 0 aliphatic carbocycles. The lowest BCUT2D eigenvalue weighted by Crippen LogP contribution is -2.48. The zero-order chi connectivity index (χ0) is 15.3. The fourth-order valence-electron chi connectivity index (χ4n) is 1.85. The van der Waals surface area contributed by atoms with Gasteiger partial charge in [0, 0.05) is 6.54 Å². The Morgan fingerprint density at radius 1 is 1.25 bits per heavy atom. The van der Waals surface area contributed by atoms with Crippen molar-refractivity contribution >= 4 is 27.8 Å². The van der Waals surface area contributed by atoms with Gasteiger partial charge in [0.15, 0.2) is 9.84 Å². The fraction of sp³-hybridized carbons (Fsp3) is 0.700. The largest absolute Gasteiger partial charge is 0.481 e. The molecule has 4 N–H and O–H groups in total. The van der Waals surface area contributed by atoms with E-state index in [9.17, 15) is 22.8 Å². The van der Waals surface area contributed by atoms with Gasteiger partial charge in [-0.2, -0.15) is 0 Å². The fourth-order valence-corrected chi connectivity index (χ4v) is 3.72. The predicted molar refractivity (Wildman–Crippen MR) is 67.0 cm³/mol. The van der Waals surface area contributed by atoms with Gasteiger partial charge >= 0.3 is 18.0 Å². The maximum atomic E-state index is 11.4. The number of aliphatic carboxylic acids is 2. The summed E-state index contributed by atoms with van der Waals surface area (Å²) in [5.41, 5.74) is 0. The summed E-state index contributed by atoms with van der Waals surface area (Å²) in [6, 6.07) is -2.36. The third kappa shape index (κ3) is 5.43. The molecule has 20 heavy (non-hydrogen) atoms. The molecule has 0 aromatic heterocycles. The first-order valence-corrected chi connectivity index (χ1v) is 7.71. The number of sulfone groups is 1. The van der Waals surface area contributed by atoms with Crippen molar-refractivity contribution in [1.82, 2.24) is 10.6 Å². The summed E-state index contributed by atoms with van der Waals surface area (Å²) in [5, 5.41) is 21.6. The van der Waals surface area contributed by atoms with Crippen LogP contribution in [0.3, 0.4) is 0 Å². The van der Waals surface area contributed by atoms with E-state index < -0.39 is 40.3 Å². The first-order valence-electron chi connectivity index (χ1n) is 5.89. The number of carboxylic acids is 2. The van der Waals surface area contributed by atoms with Gasteiger partial charge in [0.2, 0.25) is 0 Å². The number of carbonyl (C=O) groups is 3. The number of urea groups is 1. The molecule has 0 radical (unpaired) electrons. The molecule has 1 heterocycles. The highest BCUT2D eigenvalue weighted by atomic mass is 32.2. The lowest BCUT2D eigenvalue weighted by atomic mass is 10.1. The second-order valence-corrected chi connectivity index (χ2v) is 6.84. The SMILES string of the molecule is O=C(O)C[C@H](NC(=O)NCC1CCS(=O)(=O)C1)C(=O)O. The molecule has 0 bridgehead atoms. The Kier molecular flexibility index (Phi) is 5.31. The Hall–Kier alpha value is -1.84. The van der Waals surface area contributed by atoms with Gasteiger partial charge in [0.05, 0.1) is 17.9 Å². The minimum atomic E-state index is -3.04. The topological polar surface area (TPSA) is 150 Å². The van der Waals surface area contributed by atoms with Gasteiger partial charge in [-0.1, -0.05) is 0 Å². The molecule has 10 heteroatoms. The van der Waals surface area contributed by atoms with Crippen molar-refractivity contribution in [2.24, 2.45) is 5.92 Å². The van der Waals surface area contributed by atoms with Gasteiger partial charge in [-0.25, -0.2) is 18.0 Å². The zero-order valence-corrected chi connectivity index (χ0v) is 11.4. The second kappa shape index (κ2) is 6.55. The summed E-state index contributed by atoms with van der Waals surface area (Å²) in [4.78, 5) is 32.6. The summed E-state index contributed by atoms with van der Waals surface area (Å²) in [5.74, 6) is -2.93. The molecule has 1 saturated heterocycles. The molecular weight excluding hydrogens is 292 g/mol. The number of rotatable bonds is 6. The minimum Gasteiger partial charge on any atom is -0.481 e. The van der Waals surface area contributed by atoms with E-state index in [1.165, 1.54) is 0 Å². The summed E-state index contributed by atoms with van der Waals surface area (Å²) >= 11 is 0. The molecule has 1 rings (SSSR count). The summed E-state index contributed by atoms with van der Waals surface area (Å²) in [6.45, 7) is 0.102. The van der Waals surface area contributed by atoms with Gasteiger partial charge in [-0.15, -0.1) is 0 Å². The molecule has 1 unspecified atom stereocenters. The molecule has 1 aliphatic rings. The Morgan fingerprint density at radius 3 is 2.35 bits per heavy atom. The van der Waals surface area contributed by atoms with Crippen molar-refractivity contribution in [3.8, 4) is 0 Å². The van der Waals surface area contributed by atoms with Crippen LogP contribution in [0.15, 0.2) is 0 Å². The number of nitrogens with one attached hydrogen (secondary N) is 2. The highest BCUT2D eigenvalue weighted by molar-refractivity contribution is 7.91. The Bertz CT molecular complexity index is 502. The maximum Gasteiger partial charge on any atom is 0.326 e. The van der Waals surface area contributed by atoms with Gasteiger partial charge < -0.3 is 20.8 Å². The van der Waals surface area contributed by atoms with E-state index in [1.807, 2.05) is 5.32 Å². The molecule has 0 spiro atoms. The molecule has 1 aliphatic heterocycles. The average Bonchev–Trinajstić information content (AvgIpc) is 2.65. The van der Waals surface area contributed by atoms with Crippen LogP contribution in [0.4, 0.5) is 4.79 Å². The molecule has 0 saturated carbocycles. The molecule has 2 atom stereocenters. The van der Waals surface area contributed by atoms with Crippen LogP contribution in [0.1, 0.15) is 12.8 Å². The number of amides is 2.